The van der Waals surface area contributed by atoms with E-state index in [1.165, 1.54) is 0 Å². The Bertz CT molecular complexity index is 459. The molecule has 1 aromatic rings. The van der Waals surface area contributed by atoms with Crippen LogP contribution in [0, 0.1) is 6.92 Å². The van der Waals surface area contributed by atoms with E-state index in [4.69, 9.17) is 5.73 Å². The van der Waals surface area contributed by atoms with Gasteiger partial charge in [0.25, 0.3) is 0 Å². The van der Waals surface area contributed by atoms with Gasteiger partial charge < -0.3 is 11.1 Å². The van der Waals surface area contributed by atoms with E-state index in [1.54, 1.807) is 6.20 Å². The number of hydrogen-bond donors (Lipinski definition) is 3. The van der Waals surface area contributed by atoms with Crippen LogP contribution >= 0.6 is 0 Å². The number of nitrogens with one attached hydrogen (secondary N) is 2. The molecule has 1 aromatic heterocycles. The number of aryl methyl sites for hydroxylation is 1. The first-order valence-electron chi connectivity index (χ1n) is 4.66. The van der Waals surface area contributed by atoms with E-state index >= 15 is 0 Å². The van der Waals surface area contributed by atoms with E-state index in [2.05, 4.69) is 20.0 Å². The summed E-state index contributed by atoms with van der Waals surface area (Å²) >= 11 is 0. The van der Waals surface area contributed by atoms with Gasteiger partial charge in [0.2, 0.25) is 16.0 Å². The molecular formula is C8H15N5O2S. The third-order valence-corrected chi connectivity index (χ3v) is 2.50. The number of sulfonamides is 1. The summed E-state index contributed by atoms with van der Waals surface area (Å²) < 4.78 is 23.9. The van der Waals surface area contributed by atoms with Crippen LogP contribution in [0.2, 0.25) is 0 Å². The summed E-state index contributed by atoms with van der Waals surface area (Å²) in [6.07, 6.45) is 2.72. The van der Waals surface area contributed by atoms with Crippen LogP contribution in [-0.4, -0.2) is 37.7 Å². The normalized spacial score (nSPS) is 11.4. The Kier molecular flexibility index (Phi) is 4.02. The minimum atomic E-state index is -3.14. The maximum absolute atomic E-state index is 10.8. The average molecular weight is 245 g/mol. The zero-order valence-electron chi connectivity index (χ0n) is 9.19. The molecule has 0 saturated carbocycles. The third kappa shape index (κ3) is 4.41. The molecule has 0 unspecified atom stereocenters. The highest BCUT2D eigenvalue weighted by molar-refractivity contribution is 7.88. The second kappa shape index (κ2) is 5.08. The van der Waals surface area contributed by atoms with Crippen LogP contribution < -0.4 is 15.8 Å². The van der Waals surface area contributed by atoms with Gasteiger partial charge in [-0.15, -0.1) is 0 Å². The summed E-state index contributed by atoms with van der Waals surface area (Å²) in [4.78, 5) is 7.81. The molecule has 0 amide bonds. The number of anilines is 2. The van der Waals surface area contributed by atoms with Crippen molar-refractivity contribution < 1.29 is 8.42 Å². The SMILES string of the molecule is Cc1cnc(N)nc1NCCNS(C)(=O)=O. The predicted octanol–water partition coefficient (Wildman–Crippen LogP) is -0.672. The molecule has 0 aliphatic rings. The van der Waals surface area contributed by atoms with E-state index in [1.807, 2.05) is 6.92 Å². The highest BCUT2D eigenvalue weighted by Gasteiger charge is 2.02. The molecule has 8 heteroatoms. The molecule has 0 atom stereocenters. The van der Waals surface area contributed by atoms with Crippen molar-refractivity contribution in [1.29, 1.82) is 0 Å². The lowest BCUT2D eigenvalue weighted by atomic mass is 10.3. The summed E-state index contributed by atoms with van der Waals surface area (Å²) in [7, 11) is -3.14. The smallest absolute Gasteiger partial charge is 0.221 e. The van der Waals surface area contributed by atoms with Gasteiger partial charge in [0.1, 0.15) is 5.82 Å². The standard InChI is InChI=1S/C8H15N5O2S/c1-6-5-11-8(9)13-7(6)10-3-4-12-16(2,14)15/h5,12H,3-4H2,1-2H3,(H3,9,10,11,13). The van der Waals surface area contributed by atoms with E-state index < -0.39 is 10.0 Å². The summed E-state index contributed by atoms with van der Waals surface area (Å²) in [6, 6.07) is 0. The fourth-order valence-corrected chi connectivity index (χ4v) is 1.52. The first-order chi connectivity index (χ1) is 7.38. The van der Waals surface area contributed by atoms with E-state index in [0.29, 0.717) is 18.9 Å². The molecule has 0 saturated heterocycles. The van der Waals surface area contributed by atoms with Gasteiger partial charge in [-0.25, -0.2) is 18.1 Å². The summed E-state index contributed by atoms with van der Waals surface area (Å²) in [5.41, 5.74) is 6.28. The molecule has 90 valence electrons. The van der Waals surface area contributed by atoms with E-state index in [0.717, 1.165) is 11.8 Å². The van der Waals surface area contributed by atoms with Gasteiger partial charge in [0, 0.05) is 24.8 Å². The highest BCUT2D eigenvalue weighted by Crippen LogP contribution is 2.09. The lowest BCUT2D eigenvalue weighted by Crippen LogP contribution is -2.28. The molecule has 7 nitrogen and oxygen atoms in total. The molecule has 0 spiro atoms. The largest absolute Gasteiger partial charge is 0.368 e. The minimum Gasteiger partial charge on any atom is -0.368 e. The Balaban J connectivity index is 2.46. The second-order valence-electron chi connectivity index (χ2n) is 3.35. The molecule has 0 aromatic carbocycles. The predicted molar refractivity (Wildman–Crippen MR) is 62.5 cm³/mol. The number of nitrogen functional groups attached to an aromatic ring is 1. The molecule has 0 aliphatic carbocycles. The van der Waals surface area contributed by atoms with Gasteiger partial charge in [0.05, 0.1) is 6.26 Å². The molecule has 4 N–H and O–H groups in total. The molecule has 0 aliphatic heterocycles. The fraction of sp³-hybridized carbons (Fsp3) is 0.500. The Hall–Kier alpha value is -1.41. The Morgan fingerprint density at radius 2 is 2.12 bits per heavy atom. The molecule has 0 fully saturated rings. The highest BCUT2D eigenvalue weighted by atomic mass is 32.2. The molecule has 16 heavy (non-hydrogen) atoms. The quantitative estimate of drug-likeness (QED) is 0.593. The zero-order valence-corrected chi connectivity index (χ0v) is 10.0. The Morgan fingerprint density at radius 1 is 1.44 bits per heavy atom. The lowest BCUT2D eigenvalue weighted by Gasteiger charge is -2.08. The van der Waals surface area contributed by atoms with E-state index in [9.17, 15) is 8.42 Å². The van der Waals surface area contributed by atoms with Crippen LogP contribution in [0.1, 0.15) is 5.56 Å². The van der Waals surface area contributed by atoms with Crippen LogP contribution in [-0.2, 0) is 10.0 Å². The van der Waals surface area contributed by atoms with Gasteiger partial charge in [-0.1, -0.05) is 0 Å². The van der Waals surface area contributed by atoms with Crippen molar-refractivity contribution in [3.63, 3.8) is 0 Å². The molecule has 0 radical (unpaired) electrons. The average Bonchev–Trinajstić information content (AvgIpc) is 2.16. The maximum atomic E-state index is 10.8. The van der Waals surface area contributed by atoms with Crippen molar-refractivity contribution in [3.8, 4) is 0 Å². The number of nitrogens with zero attached hydrogens (tertiary/aromatic N) is 2. The van der Waals surface area contributed by atoms with Crippen molar-refractivity contribution in [2.45, 2.75) is 6.92 Å². The zero-order chi connectivity index (χ0) is 12.2. The van der Waals surface area contributed by atoms with Gasteiger partial charge in [-0.2, -0.15) is 4.98 Å². The molecule has 0 bridgehead atoms. The fourth-order valence-electron chi connectivity index (χ4n) is 1.05. The number of rotatable bonds is 5. The molecular weight excluding hydrogens is 230 g/mol. The van der Waals surface area contributed by atoms with Crippen molar-refractivity contribution in [3.05, 3.63) is 11.8 Å². The minimum absolute atomic E-state index is 0.184. The molecule has 1 rings (SSSR count). The number of nitrogens with two attached hydrogens (primary N) is 1. The van der Waals surface area contributed by atoms with Crippen LogP contribution in [0.15, 0.2) is 6.20 Å². The Labute approximate surface area is 94.5 Å². The summed E-state index contributed by atoms with van der Waals surface area (Å²) in [5.74, 6) is 0.798. The van der Waals surface area contributed by atoms with Gasteiger partial charge in [-0.05, 0) is 6.92 Å². The second-order valence-corrected chi connectivity index (χ2v) is 5.19. The van der Waals surface area contributed by atoms with Crippen LogP contribution in [0.4, 0.5) is 11.8 Å². The van der Waals surface area contributed by atoms with Crippen molar-refractivity contribution >= 4 is 21.8 Å². The van der Waals surface area contributed by atoms with Crippen molar-refractivity contribution in [2.24, 2.45) is 0 Å². The summed E-state index contributed by atoms with van der Waals surface area (Å²) in [6.45, 7) is 2.57. The third-order valence-electron chi connectivity index (χ3n) is 1.77. The van der Waals surface area contributed by atoms with Crippen LogP contribution in [0.5, 0.6) is 0 Å². The first kappa shape index (κ1) is 12.7. The monoisotopic (exact) mass is 245 g/mol. The van der Waals surface area contributed by atoms with Crippen LogP contribution in [0.25, 0.3) is 0 Å². The summed E-state index contributed by atoms with van der Waals surface area (Å²) in [5, 5.41) is 2.97. The first-order valence-corrected chi connectivity index (χ1v) is 6.55. The Morgan fingerprint density at radius 3 is 2.75 bits per heavy atom. The maximum Gasteiger partial charge on any atom is 0.221 e. The van der Waals surface area contributed by atoms with Crippen LogP contribution in [0.3, 0.4) is 0 Å². The van der Waals surface area contributed by atoms with Gasteiger partial charge in [-0.3, -0.25) is 0 Å². The van der Waals surface area contributed by atoms with Gasteiger partial charge >= 0.3 is 0 Å². The number of hydrogen-bond acceptors (Lipinski definition) is 6. The number of aromatic nitrogens is 2. The van der Waals surface area contributed by atoms with E-state index in [-0.39, 0.29) is 5.95 Å². The van der Waals surface area contributed by atoms with Crippen molar-refractivity contribution in [1.82, 2.24) is 14.7 Å². The molecule has 1 heterocycles. The lowest BCUT2D eigenvalue weighted by molar-refractivity contribution is 0.589. The van der Waals surface area contributed by atoms with Gasteiger partial charge in [0.15, 0.2) is 0 Å². The topological polar surface area (TPSA) is 110 Å². The van der Waals surface area contributed by atoms with Crippen molar-refractivity contribution in [2.75, 3.05) is 30.4 Å².